The van der Waals surface area contributed by atoms with Crippen LogP contribution >= 0.6 is 23.2 Å². The highest BCUT2D eigenvalue weighted by Gasteiger charge is 2.21. The molecule has 8 nitrogen and oxygen atoms in total. The van der Waals surface area contributed by atoms with E-state index in [0.717, 1.165) is 37.1 Å². The van der Waals surface area contributed by atoms with Gasteiger partial charge < -0.3 is 10.1 Å². The normalized spacial score (nSPS) is 14.9. The predicted octanol–water partition coefficient (Wildman–Crippen LogP) is 5.24. The van der Waals surface area contributed by atoms with Crippen LogP contribution in [-0.2, 0) is 16.4 Å². The third-order valence-electron chi connectivity index (χ3n) is 5.96. The summed E-state index contributed by atoms with van der Waals surface area (Å²) in [6.45, 7) is 4.17. The number of piperidine rings is 1. The Kier molecular flexibility index (Phi) is 8.00. The van der Waals surface area contributed by atoms with Crippen LogP contribution in [0, 0.1) is 18.3 Å². The molecule has 1 saturated heterocycles. The Morgan fingerprint density at radius 3 is 2.56 bits per heavy atom. The van der Waals surface area contributed by atoms with Gasteiger partial charge in [0.1, 0.15) is 0 Å². The number of nitriles is 1. The molecule has 1 aromatic heterocycles. The van der Waals surface area contributed by atoms with E-state index < -0.39 is 9.84 Å². The molecule has 4 rings (SSSR count). The molecule has 2 heterocycles. The highest BCUT2D eigenvalue weighted by Crippen LogP contribution is 2.33. The molecular formula is C25H25Cl2N5O3S. The van der Waals surface area contributed by atoms with Crippen molar-refractivity contribution in [3.63, 3.8) is 0 Å². The van der Waals surface area contributed by atoms with Crippen LogP contribution in [0.4, 0.5) is 5.95 Å². The van der Waals surface area contributed by atoms with E-state index in [1.165, 1.54) is 12.3 Å². The summed E-state index contributed by atoms with van der Waals surface area (Å²) in [4.78, 5) is 11.3. The molecule has 0 amide bonds. The summed E-state index contributed by atoms with van der Waals surface area (Å²) in [5, 5.41) is 13.3. The van der Waals surface area contributed by atoms with Crippen LogP contribution in [0.2, 0.25) is 10.0 Å². The second-order valence-electron chi connectivity index (χ2n) is 8.76. The zero-order valence-electron chi connectivity index (χ0n) is 19.8. The standard InChI is InChI=1S/C25H25Cl2N5O3S/c1-16-11-17(14-28)12-22(27)24(16)35-23-5-8-29-25(31-23)30-19-6-9-32(10-7-19)15-18-3-4-20(13-21(18)26)36(2,33)34/h3-5,8,11-13,19H,6-7,9-10,15H2,1-2H3,(H,29,30,31). The van der Waals surface area contributed by atoms with Crippen molar-refractivity contribution in [2.24, 2.45) is 0 Å². The average Bonchev–Trinajstić information content (AvgIpc) is 2.83. The Balaban J connectivity index is 1.34. The zero-order chi connectivity index (χ0) is 25.9. The van der Waals surface area contributed by atoms with Crippen molar-refractivity contribution in [2.45, 2.75) is 37.2 Å². The predicted molar refractivity (Wildman–Crippen MR) is 139 cm³/mol. The van der Waals surface area contributed by atoms with Gasteiger partial charge >= 0.3 is 0 Å². The van der Waals surface area contributed by atoms with Gasteiger partial charge in [-0.25, -0.2) is 13.4 Å². The van der Waals surface area contributed by atoms with E-state index in [1.54, 1.807) is 36.5 Å². The Morgan fingerprint density at radius 1 is 1.17 bits per heavy atom. The molecule has 2 aromatic carbocycles. The molecule has 1 fully saturated rings. The first-order valence-corrected chi connectivity index (χ1v) is 14.0. The van der Waals surface area contributed by atoms with E-state index in [-0.39, 0.29) is 10.9 Å². The van der Waals surface area contributed by atoms with Crippen molar-refractivity contribution in [3.05, 3.63) is 69.3 Å². The van der Waals surface area contributed by atoms with E-state index in [0.29, 0.717) is 39.7 Å². The minimum absolute atomic E-state index is 0.194. The Labute approximate surface area is 220 Å². The molecule has 1 aliphatic heterocycles. The van der Waals surface area contributed by atoms with Crippen LogP contribution < -0.4 is 10.1 Å². The van der Waals surface area contributed by atoms with Gasteiger partial charge in [-0.05, 0) is 55.2 Å². The molecule has 0 spiro atoms. The number of ether oxygens (including phenoxy) is 1. The van der Waals surface area contributed by atoms with E-state index in [1.807, 2.05) is 6.92 Å². The SMILES string of the molecule is Cc1cc(C#N)cc(Cl)c1Oc1ccnc(NC2CCN(Cc3ccc(S(C)(=O)=O)cc3Cl)CC2)n1. The molecule has 0 saturated carbocycles. The van der Waals surface area contributed by atoms with E-state index >= 15 is 0 Å². The number of likely N-dealkylation sites (tertiary alicyclic amines) is 1. The summed E-state index contributed by atoms with van der Waals surface area (Å²) in [5.41, 5.74) is 2.11. The van der Waals surface area contributed by atoms with Gasteiger partial charge in [-0.2, -0.15) is 10.2 Å². The summed E-state index contributed by atoms with van der Waals surface area (Å²) in [5.74, 6) is 1.27. The van der Waals surface area contributed by atoms with Crippen molar-refractivity contribution < 1.29 is 13.2 Å². The number of hydrogen-bond donors (Lipinski definition) is 1. The maximum Gasteiger partial charge on any atom is 0.226 e. The smallest absolute Gasteiger partial charge is 0.226 e. The molecule has 1 aliphatic rings. The number of hydrogen-bond acceptors (Lipinski definition) is 8. The minimum Gasteiger partial charge on any atom is -0.437 e. The average molecular weight is 546 g/mol. The van der Waals surface area contributed by atoms with Crippen LogP contribution in [0.15, 0.2) is 47.5 Å². The molecular weight excluding hydrogens is 521 g/mol. The molecule has 0 radical (unpaired) electrons. The highest BCUT2D eigenvalue weighted by atomic mass is 35.5. The molecule has 0 atom stereocenters. The molecule has 11 heteroatoms. The lowest BCUT2D eigenvalue weighted by Gasteiger charge is -2.32. The van der Waals surface area contributed by atoms with Gasteiger partial charge in [0.25, 0.3) is 0 Å². The van der Waals surface area contributed by atoms with Gasteiger partial charge in [-0.15, -0.1) is 0 Å². The number of nitrogens with zero attached hydrogens (tertiary/aromatic N) is 4. The number of anilines is 1. The number of nitrogens with one attached hydrogen (secondary N) is 1. The van der Waals surface area contributed by atoms with Crippen molar-refractivity contribution in [1.29, 1.82) is 5.26 Å². The van der Waals surface area contributed by atoms with Gasteiger partial charge in [0.05, 0.1) is 21.6 Å². The van der Waals surface area contributed by atoms with Crippen molar-refractivity contribution in [1.82, 2.24) is 14.9 Å². The van der Waals surface area contributed by atoms with Gasteiger partial charge in [-0.3, -0.25) is 4.90 Å². The third kappa shape index (κ3) is 6.45. The van der Waals surface area contributed by atoms with E-state index in [2.05, 4.69) is 26.3 Å². The fraction of sp³-hybridized carbons (Fsp3) is 0.320. The first-order valence-electron chi connectivity index (χ1n) is 11.3. The topological polar surface area (TPSA) is 108 Å². The summed E-state index contributed by atoms with van der Waals surface area (Å²) in [7, 11) is -3.29. The number of aromatic nitrogens is 2. The second-order valence-corrected chi connectivity index (χ2v) is 11.6. The van der Waals surface area contributed by atoms with Crippen molar-refractivity contribution in [2.75, 3.05) is 24.7 Å². The Hall–Kier alpha value is -2.90. The number of halogens is 2. The Morgan fingerprint density at radius 2 is 1.92 bits per heavy atom. The number of sulfone groups is 1. The van der Waals surface area contributed by atoms with Gasteiger partial charge in [0.2, 0.25) is 11.8 Å². The largest absolute Gasteiger partial charge is 0.437 e. The number of rotatable bonds is 7. The van der Waals surface area contributed by atoms with Crippen LogP contribution in [0.3, 0.4) is 0 Å². The van der Waals surface area contributed by atoms with Gasteiger partial charge in [0, 0.05) is 49.2 Å². The monoisotopic (exact) mass is 545 g/mol. The molecule has 0 unspecified atom stereocenters. The molecule has 3 aromatic rings. The maximum atomic E-state index is 11.7. The third-order valence-corrected chi connectivity index (χ3v) is 7.71. The van der Waals surface area contributed by atoms with Crippen LogP contribution in [0.25, 0.3) is 0 Å². The molecule has 1 N–H and O–H groups in total. The molecule has 0 bridgehead atoms. The number of aryl methyl sites for hydroxylation is 1. The van der Waals surface area contributed by atoms with Crippen LogP contribution in [0.5, 0.6) is 11.6 Å². The molecule has 0 aliphatic carbocycles. The van der Waals surface area contributed by atoms with Crippen molar-refractivity contribution in [3.8, 4) is 17.7 Å². The summed E-state index contributed by atoms with van der Waals surface area (Å²) in [6, 6.07) is 12.1. The summed E-state index contributed by atoms with van der Waals surface area (Å²) in [6.07, 6.45) is 4.56. The van der Waals surface area contributed by atoms with Crippen LogP contribution in [-0.4, -0.2) is 48.7 Å². The quantitative estimate of drug-likeness (QED) is 0.429. The first kappa shape index (κ1) is 26.2. The van der Waals surface area contributed by atoms with Crippen LogP contribution in [0.1, 0.15) is 29.5 Å². The summed E-state index contributed by atoms with van der Waals surface area (Å²) >= 11 is 12.6. The van der Waals surface area contributed by atoms with Gasteiger partial charge in [-0.1, -0.05) is 29.3 Å². The van der Waals surface area contributed by atoms with E-state index in [9.17, 15) is 8.42 Å². The number of benzene rings is 2. The maximum absolute atomic E-state index is 11.7. The van der Waals surface area contributed by atoms with Crippen molar-refractivity contribution >= 4 is 39.0 Å². The Bertz CT molecular complexity index is 1390. The zero-order valence-corrected chi connectivity index (χ0v) is 22.2. The van der Waals surface area contributed by atoms with Gasteiger partial charge in [0.15, 0.2) is 15.6 Å². The highest BCUT2D eigenvalue weighted by molar-refractivity contribution is 7.90. The fourth-order valence-corrected chi connectivity index (χ4v) is 5.30. The summed E-state index contributed by atoms with van der Waals surface area (Å²) < 4.78 is 29.4. The minimum atomic E-state index is -3.29. The molecule has 36 heavy (non-hydrogen) atoms. The molecule has 188 valence electrons. The first-order chi connectivity index (χ1) is 17.1. The lowest BCUT2D eigenvalue weighted by molar-refractivity contribution is 0.211. The lowest BCUT2D eigenvalue weighted by atomic mass is 10.0. The van der Waals surface area contributed by atoms with E-state index in [4.69, 9.17) is 33.2 Å². The fourth-order valence-electron chi connectivity index (χ4n) is 4.04. The lowest BCUT2D eigenvalue weighted by Crippen LogP contribution is -2.39. The second kappa shape index (κ2) is 11.0.